The molecule has 0 fully saturated rings. The molecule has 0 bridgehead atoms. The molecule has 1 aliphatic heterocycles. The van der Waals surface area contributed by atoms with E-state index in [0.29, 0.717) is 28.6 Å². The molecule has 0 radical (unpaired) electrons. The largest absolute Gasteiger partial charge is 0.493 e. The number of carbonyl (C=O) groups excluding carboxylic acids is 1. The van der Waals surface area contributed by atoms with Gasteiger partial charge in [-0.05, 0) is 41.5 Å². The number of fused-ring (bicyclic) bond motifs is 1. The number of hydrogen-bond donors (Lipinski definition) is 1. The van der Waals surface area contributed by atoms with Gasteiger partial charge in [0.15, 0.2) is 11.5 Å². The number of amides is 1. The van der Waals surface area contributed by atoms with E-state index in [9.17, 15) is 4.79 Å². The average molecular weight is 389 g/mol. The summed E-state index contributed by atoms with van der Waals surface area (Å²) in [6, 6.07) is 9.33. The number of hydrogen-bond acceptors (Lipinski definition) is 6. The zero-order chi connectivity index (χ0) is 20.4. The van der Waals surface area contributed by atoms with Crippen LogP contribution in [-0.2, 0) is 4.79 Å². The maximum atomic E-state index is 12.5. The number of nitrogens with one attached hydrogen (secondary N) is 1. The van der Waals surface area contributed by atoms with Crippen LogP contribution in [0.1, 0.15) is 11.1 Å². The van der Waals surface area contributed by atoms with Crippen molar-refractivity contribution in [3.05, 3.63) is 60.0 Å². The van der Waals surface area contributed by atoms with Gasteiger partial charge in [-0.15, -0.1) is 0 Å². The van der Waals surface area contributed by atoms with Gasteiger partial charge < -0.3 is 19.5 Å². The van der Waals surface area contributed by atoms with Crippen molar-refractivity contribution in [1.82, 2.24) is 9.97 Å². The van der Waals surface area contributed by atoms with Crippen molar-refractivity contribution in [1.29, 1.82) is 0 Å². The van der Waals surface area contributed by atoms with E-state index in [1.165, 1.54) is 0 Å². The standard InChI is InChI=1S/C22H19N3O4/c1-27-18-9-14(10-19(28-2)20(18)29-3)15-8-16-17(7-13-5-4-6-23-11-13)22(26)25-21(16)24-12-15/h4-12H,1-3H3,(H,24,25,26)/b17-7-. The van der Waals surface area contributed by atoms with E-state index in [0.717, 1.165) is 22.3 Å². The lowest BCUT2D eigenvalue weighted by atomic mass is 10.0. The van der Waals surface area contributed by atoms with E-state index in [-0.39, 0.29) is 5.91 Å². The maximum absolute atomic E-state index is 12.5. The van der Waals surface area contributed by atoms with Crippen molar-refractivity contribution in [3.8, 4) is 28.4 Å². The molecule has 0 spiro atoms. The Hall–Kier alpha value is -3.87. The van der Waals surface area contributed by atoms with E-state index in [1.807, 2.05) is 30.3 Å². The van der Waals surface area contributed by atoms with Gasteiger partial charge in [0.05, 0.1) is 26.9 Å². The predicted octanol–water partition coefficient (Wildman–Crippen LogP) is 3.66. The van der Waals surface area contributed by atoms with E-state index in [2.05, 4.69) is 15.3 Å². The van der Waals surface area contributed by atoms with E-state index in [4.69, 9.17) is 14.2 Å². The highest BCUT2D eigenvalue weighted by molar-refractivity contribution is 6.34. The molecule has 0 aliphatic carbocycles. The summed E-state index contributed by atoms with van der Waals surface area (Å²) in [6.45, 7) is 0. The van der Waals surface area contributed by atoms with Crippen LogP contribution in [0.4, 0.5) is 5.82 Å². The third-order valence-electron chi connectivity index (χ3n) is 4.65. The summed E-state index contributed by atoms with van der Waals surface area (Å²) in [5.41, 5.74) is 3.75. The molecule has 146 valence electrons. The van der Waals surface area contributed by atoms with Gasteiger partial charge in [0.2, 0.25) is 5.75 Å². The van der Waals surface area contributed by atoms with Crippen molar-refractivity contribution in [2.45, 2.75) is 0 Å². The summed E-state index contributed by atoms with van der Waals surface area (Å²) in [4.78, 5) is 21.0. The second-order valence-electron chi connectivity index (χ2n) is 6.33. The third kappa shape index (κ3) is 3.38. The molecule has 1 aliphatic rings. The Labute approximate surface area is 168 Å². The van der Waals surface area contributed by atoms with Gasteiger partial charge in [-0.1, -0.05) is 6.07 Å². The van der Waals surface area contributed by atoms with Gasteiger partial charge in [-0.2, -0.15) is 0 Å². The monoisotopic (exact) mass is 389 g/mol. The zero-order valence-corrected chi connectivity index (χ0v) is 16.2. The lowest BCUT2D eigenvalue weighted by Crippen LogP contribution is -2.04. The Balaban J connectivity index is 1.82. The molecular formula is C22H19N3O4. The second-order valence-corrected chi connectivity index (χ2v) is 6.33. The fourth-order valence-electron chi connectivity index (χ4n) is 3.24. The molecule has 0 saturated carbocycles. The molecular weight excluding hydrogens is 370 g/mol. The molecule has 7 heteroatoms. The van der Waals surface area contributed by atoms with Gasteiger partial charge in [0.1, 0.15) is 5.82 Å². The molecule has 0 saturated heterocycles. The minimum absolute atomic E-state index is 0.196. The van der Waals surface area contributed by atoms with Crippen molar-refractivity contribution >= 4 is 23.4 Å². The average Bonchev–Trinajstić information content (AvgIpc) is 3.07. The lowest BCUT2D eigenvalue weighted by molar-refractivity contribution is -0.110. The Kier molecular flexibility index (Phi) is 4.87. The van der Waals surface area contributed by atoms with Crippen molar-refractivity contribution in [2.75, 3.05) is 26.6 Å². The molecule has 4 rings (SSSR count). The minimum atomic E-state index is -0.196. The SMILES string of the molecule is COc1cc(-c2cnc3c(c2)/C(=C/c2cccnc2)C(=O)N3)cc(OC)c1OC. The molecule has 1 N–H and O–H groups in total. The van der Waals surface area contributed by atoms with Crippen LogP contribution in [-0.4, -0.2) is 37.2 Å². The molecule has 3 heterocycles. The summed E-state index contributed by atoms with van der Waals surface area (Å²) in [7, 11) is 4.70. The number of aromatic nitrogens is 2. The number of ether oxygens (including phenoxy) is 3. The van der Waals surface area contributed by atoms with Crippen LogP contribution in [0.15, 0.2) is 48.9 Å². The molecule has 1 amide bonds. The van der Waals surface area contributed by atoms with Crippen LogP contribution in [0, 0.1) is 0 Å². The molecule has 2 aromatic heterocycles. The molecule has 0 unspecified atom stereocenters. The number of rotatable bonds is 5. The molecule has 0 atom stereocenters. The topological polar surface area (TPSA) is 82.6 Å². The fraction of sp³-hybridized carbons (Fsp3) is 0.136. The number of carbonyl (C=O) groups is 1. The Morgan fingerprint density at radius 2 is 1.72 bits per heavy atom. The first-order valence-electron chi connectivity index (χ1n) is 8.88. The van der Waals surface area contributed by atoms with Crippen LogP contribution < -0.4 is 19.5 Å². The fourth-order valence-corrected chi connectivity index (χ4v) is 3.24. The Morgan fingerprint density at radius 1 is 0.966 bits per heavy atom. The van der Waals surface area contributed by atoms with Gasteiger partial charge >= 0.3 is 0 Å². The maximum Gasteiger partial charge on any atom is 0.257 e. The molecule has 7 nitrogen and oxygen atoms in total. The summed E-state index contributed by atoms with van der Waals surface area (Å²) in [5, 5.41) is 2.80. The van der Waals surface area contributed by atoms with Crippen LogP contribution in [0.3, 0.4) is 0 Å². The lowest BCUT2D eigenvalue weighted by Gasteiger charge is -2.14. The number of anilines is 1. The van der Waals surface area contributed by atoms with Gasteiger partial charge in [-0.3, -0.25) is 9.78 Å². The molecule has 29 heavy (non-hydrogen) atoms. The first-order chi connectivity index (χ1) is 14.1. The molecule has 3 aromatic rings. The number of methoxy groups -OCH3 is 3. The Bertz CT molecular complexity index is 1090. The summed E-state index contributed by atoms with van der Waals surface area (Å²) in [5.74, 6) is 1.94. The highest BCUT2D eigenvalue weighted by atomic mass is 16.5. The van der Waals surface area contributed by atoms with E-state index >= 15 is 0 Å². The smallest absolute Gasteiger partial charge is 0.257 e. The van der Waals surface area contributed by atoms with Crippen LogP contribution in [0.5, 0.6) is 17.2 Å². The van der Waals surface area contributed by atoms with Crippen molar-refractivity contribution in [2.24, 2.45) is 0 Å². The second kappa shape index (κ2) is 7.63. The highest BCUT2D eigenvalue weighted by Gasteiger charge is 2.26. The first kappa shape index (κ1) is 18.5. The number of nitrogens with zero attached hydrogens (tertiary/aromatic N) is 2. The summed E-state index contributed by atoms with van der Waals surface area (Å²) >= 11 is 0. The van der Waals surface area contributed by atoms with E-state index < -0.39 is 0 Å². The summed E-state index contributed by atoms with van der Waals surface area (Å²) in [6.07, 6.45) is 6.89. The van der Waals surface area contributed by atoms with Crippen molar-refractivity contribution < 1.29 is 19.0 Å². The van der Waals surface area contributed by atoms with Crippen LogP contribution in [0.2, 0.25) is 0 Å². The van der Waals surface area contributed by atoms with Gasteiger partial charge in [-0.25, -0.2) is 4.98 Å². The number of benzene rings is 1. The van der Waals surface area contributed by atoms with E-state index in [1.54, 1.807) is 46.0 Å². The predicted molar refractivity (Wildman–Crippen MR) is 110 cm³/mol. The molecule has 1 aromatic carbocycles. The van der Waals surface area contributed by atoms with Crippen molar-refractivity contribution in [3.63, 3.8) is 0 Å². The first-order valence-corrected chi connectivity index (χ1v) is 8.88. The number of pyridine rings is 2. The Morgan fingerprint density at radius 3 is 2.34 bits per heavy atom. The zero-order valence-electron chi connectivity index (χ0n) is 16.2. The van der Waals surface area contributed by atoms with Crippen LogP contribution in [0.25, 0.3) is 22.8 Å². The summed E-state index contributed by atoms with van der Waals surface area (Å²) < 4.78 is 16.3. The van der Waals surface area contributed by atoms with Gasteiger partial charge in [0.25, 0.3) is 5.91 Å². The highest BCUT2D eigenvalue weighted by Crippen LogP contribution is 2.42. The quantitative estimate of drug-likeness (QED) is 0.671. The third-order valence-corrected chi connectivity index (χ3v) is 4.65. The van der Waals surface area contributed by atoms with Gasteiger partial charge in [0, 0.05) is 29.7 Å². The normalized spacial score (nSPS) is 13.8. The van der Waals surface area contributed by atoms with Crippen LogP contribution >= 0.6 is 0 Å². The minimum Gasteiger partial charge on any atom is -0.493 e.